The van der Waals surface area contributed by atoms with Crippen LogP contribution >= 0.6 is 11.6 Å². The molecule has 0 aliphatic heterocycles. The highest BCUT2D eigenvalue weighted by molar-refractivity contribution is 6.32. The van der Waals surface area contributed by atoms with Crippen LogP contribution in [0.25, 0.3) is 0 Å². The van der Waals surface area contributed by atoms with Crippen LogP contribution in [0.15, 0.2) is 36.4 Å². The summed E-state index contributed by atoms with van der Waals surface area (Å²) in [5.41, 5.74) is -0.377. The number of halogens is 2. The summed E-state index contributed by atoms with van der Waals surface area (Å²) in [6.07, 6.45) is 0. The summed E-state index contributed by atoms with van der Waals surface area (Å²) in [6, 6.07) is 7.12. The Bertz CT molecular complexity index is 841. The standard InChI is InChI=1S/C15H11ClFN3O4/c1-8(21)18-10-3-5-12(17)13(7-10)19-15(22)9-2-4-11(16)14(6-9)20(23)24/h2-7H,1H3,(H,18,21)(H,19,22). The zero-order valence-electron chi connectivity index (χ0n) is 12.3. The van der Waals surface area contributed by atoms with E-state index >= 15 is 0 Å². The van der Waals surface area contributed by atoms with Crippen molar-refractivity contribution >= 4 is 40.5 Å². The lowest BCUT2D eigenvalue weighted by Crippen LogP contribution is -2.14. The van der Waals surface area contributed by atoms with Gasteiger partial charge in [0.2, 0.25) is 5.91 Å². The van der Waals surface area contributed by atoms with Gasteiger partial charge in [0.25, 0.3) is 11.6 Å². The van der Waals surface area contributed by atoms with Crippen LogP contribution in [0.4, 0.5) is 21.5 Å². The van der Waals surface area contributed by atoms with Gasteiger partial charge in [-0.3, -0.25) is 19.7 Å². The number of benzene rings is 2. The van der Waals surface area contributed by atoms with Gasteiger partial charge >= 0.3 is 0 Å². The van der Waals surface area contributed by atoms with E-state index in [4.69, 9.17) is 11.6 Å². The molecule has 24 heavy (non-hydrogen) atoms. The SMILES string of the molecule is CC(=O)Nc1ccc(F)c(NC(=O)c2ccc(Cl)c([N+](=O)[O-])c2)c1. The fourth-order valence-corrected chi connectivity index (χ4v) is 2.08. The van der Waals surface area contributed by atoms with Crippen LogP contribution in [0.2, 0.25) is 5.02 Å². The average molecular weight is 352 g/mol. The number of carbonyl (C=O) groups is 2. The zero-order chi connectivity index (χ0) is 17.9. The maximum Gasteiger partial charge on any atom is 0.288 e. The van der Waals surface area contributed by atoms with Crippen LogP contribution < -0.4 is 10.6 Å². The van der Waals surface area contributed by atoms with E-state index in [1.807, 2.05) is 0 Å². The average Bonchev–Trinajstić information content (AvgIpc) is 2.50. The molecule has 2 amide bonds. The third-order valence-corrected chi connectivity index (χ3v) is 3.26. The predicted octanol–water partition coefficient (Wildman–Crippen LogP) is 3.60. The molecule has 124 valence electrons. The topological polar surface area (TPSA) is 101 Å². The Morgan fingerprint density at radius 3 is 2.50 bits per heavy atom. The molecule has 0 atom stereocenters. The van der Waals surface area contributed by atoms with Gasteiger partial charge in [-0.2, -0.15) is 0 Å². The number of amides is 2. The normalized spacial score (nSPS) is 10.1. The molecule has 2 rings (SSSR count). The Balaban J connectivity index is 2.28. The summed E-state index contributed by atoms with van der Waals surface area (Å²) in [6.45, 7) is 1.29. The van der Waals surface area contributed by atoms with Crippen molar-refractivity contribution in [2.45, 2.75) is 6.92 Å². The minimum Gasteiger partial charge on any atom is -0.326 e. The van der Waals surface area contributed by atoms with E-state index in [1.54, 1.807) is 0 Å². The van der Waals surface area contributed by atoms with Crippen LogP contribution in [0.3, 0.4) is 0 Å². The van der Waals surface area contributed by atoms with Crippen LogP contribution in [0, 0.1) is 15.9 Å². The number of rotatable bonds is 4. The van der Waals surface area contributed by atoms with Crippen molar-refractivity contribution in [3.63, 3.8) is 0 Å². The van der Waals surface area contributed by atoms with Gasteiger partial charge in [-0.05, 0) is 30.3 Å². The molecule has 0 heterocycles. The Labute approximate surface area is 140 Å². The van der Waals surface area contributed by atoms with Gasteiger partial charge in [0.1, 0.15) is 10.8 Å². The van der Waals surface area contributed by atoms with E-state index in [1.165, 1.54) is 31.2 Å². The molecular formula is C15H11ClFN3O4. The fraction of sp³-hybridized carbons (Fsp3) is 0.0667. The lowest BCUT2D eigenvalue weighted by molar-refractivity contribution is -0.384. The Morgan fingerprint density at radius 2 is 1.88 bits per heavy atom. The Morgan fingerprint density at radius 1 is 1.17 bits per heavy atom. The second-order valence-electron chi connectivity index (χ2n) is 4.75. The molecule has 9 heteroatoms. The molecular weight excluding hydrogens is 341 g/mol. The molecule has 0 aromatic heterocycles. The van der Waals surface area contributed by atoms with E-state index in [2.05, 4.69) is 10.6 Å². The summed E-state index contributed by atoms with van der Waals surface area (Å²) < 4.78 is 13.8. The summed E-state index contributed by atoms with van der Waals surface area (Å²) in [5, 5.41) is 15.5. The van der Waals surface area contributed by atoms with Gasteiger partial charge in [0.15, 0.2) is 0 Å². The van der Waals surface area contributed by atoms with E-state index in [-0.39, 0.29) is 22.2 Å². The second kappa shape index (κ2) is 7.05. The third-order valence-electron chi connectivity index (χ3n) is 2.94. The molecule has 2 aromatic rings. The molecule has 0 radical (unpaired) electrons. The molecule has 2 N–H and O–H groups in total. The Kier molecular flexibility index (Phi) is 5.10. The number of nitro groups is 1. The van der Waals surface area contributed by atoms with Crippen molar-refractivity contribution in [3.8, 4) is 0 Å². The summed E-state index contributed by atoms with van der Waals surface area (Å²) in [5.74, 6) is -1.83. The fourth-order valence-electron chi connectivity index (χ4n) is 1.89. The van der Waals surface area contributed by atoms with Crippen molar-refractivity contribution in [2.24, 2.45) is 0 Å². The van der Waals surface area contributed by atoms with Crippen molar-refractivity contribution in [1.82, 2.24) is 0 Å². The van der Waals surface area contributed by atoms with Crippen molar-refractivity contribution in [2.75, 3.05) is 10.6 Å². The number of nitrogens with one attached hydrogen (secondary N) is 2. The smallest absolute Gasteiger partial charge is 0.288 e. The first kappa shape index (κ1) is 17.4. The lowest BCUT2D eigenvalue weighted by atomic mass is 10.1. The van der Waals surface area contributed by atoms with Crippen LogP contribution in [0.1, 0.15) is 17.3 Å². The number of hydrogen-bond acceptors (Lipinski definition) is 4. The number of hydrogen-bond donors (Lipinski definition) is 2. The lowest BCUT2D eigenvalue weighted by Gasteiger charge is -2.09. The van der Waals surface area contributed by atoms with Gasteiger partial charge in [0, 0.05) is 24.2 Å². The molecule has 0 spiro atoms. The molecule has 0 fully saturated rings. The number of nitrogens with zero attached hydrogens (tertiary/aromatic N) is 1. The highest BCUT2D eigenvalue weighted by Gasteiger charge is 2.17. The number of carbonyl (C=O) groups excluding carboxylic acids is 2. The molecule has 0 saturated carbocycles. The molecule has 0 bridgehead atoms. The largest absolute Gasteiger partial charge is 0.326 e. The summed E-state index contributed by atoms with van der Waals surface area (Å²) >= 11 is 5.68. The van der Waals surface area contributed by atoms with Crippen LogP contribution in [-0.2, 0) is 4.79 Å². The van der Waals surface area contributed by atoms with Crippen molar-refractivity contribution < 1.29 is 18.9 Å². The van der Waals surface area contributed by atoms with Gasteiger partial charge in [-0.15, -0.1) is 0 Å². The highest BCUT2D eigenvalue weighted by Crippen LogP contribution is 2.26. The first-order valence-corrected chi connectivity index (χ1v) is 6.98. The van der Waals surface area contributed by atoms with E-state index in [0.717, 1.165) is 12.1 Å². The molecule has 0 aliphatic rings. The third kappa shape index (κ3) is 4.05. The minimum atomic E-state index is -0.756. The molecule has 0 unspecified atom stereocenters. The van der Waals surface area contributed by atoms with Gasteiger partial charge in [0.05, 0.1) is 10.6 Å². The van der Waals surface area contributed by atoms with E-state index in [9.17, 15) is 24.1 Å². The van der Waals surface area contributed by atoms with Crippen LogP contribution in [-0.4, -0.2) is 16.7 Å². The monoisotopic (exact) mass is 351 g/mol. The van der Waals surface area contributed by atoms with Gasteiger partial charge < -0.3 is 10.6 Å². The van der Waals surface area contributed by atoms with Crippen molar-refractivity contribution in [3.05, 3.63) is 62.9 Å². The molecule has 7 nitrogen and oxygen atoms in total. The first-order valence-electron chi connectivity index (χ1n) is 6.60. The molecule has 2 aromatic carbocycles. The van der Waals surface area contributed by atoms with E-state index in [0.29, 0.717) is 5.69 Å². The number of nitro benzene ring substituents is 1. The molecule has 0 aliphatic carbocycles. The number of anilines is 2. The maximum atomic E-state index is 13.8. The van der Waals surface area contributed by atoms with Crippen molar-refractivity contribution in [1.29, 1.82) is 0 Å². The van der Waals surface area contributed by atoms with Crippen LogP contribution in [0.5, 0.6) is 0 Å². The minimum absolute atomic E-state index is 0.0598. The summed E-state index contributed by atoms with van der Waals surface area (Å²) in [7, 11) is 0. The quantitative estimate of drug-likeness (QED) is 0.649. The molecule has 0 saturated heterocycles. The zero-order valence-corrected chi connectivity index (χ0v) is 13.1. The predicted molar refractivity (Wildman–Crippen MR) is 86.8 cm³/mol. The maximum absolute atomic E-state index is 13.8. The first-order chi connectivity index (χ1) is 11.3. The second-order valence-corrected chi connectivity index (χ2v) is 5.16. The van der Waals surface area contributed by atoms with Gasteiger partial charge in [-0.1, -0.05) is 11.6 Å². The van der Waals surface area contributed by atoms with E-state index < -0.39 is 22.3 Å². The summed E-state index contributed by atoms with van der Waals surface area (Å²) in [4.78, 5) is 33.3. The highest BCUT2D eigenvalue weighted by atomic mass is 35.5. The Hall–Kier alpha value is -3.00. The van der Waals surface area contributed by atoms with Gasteiger partial charge in [-0.25, -0.2) is 4.39 Å².